The lowest BCUT2D eigenvalue weighted by Gasteiger charge is -2.24. The number of hydrogen-bond donors (Lipinski definition) is 1. The molecule has 0 amide bonds. The number of ether oxygens (including phenoxy) is 2. The molecule has 1 aliphatic heterocycles. The number of morpholine rings is 1. The lowest BCUT2D eigenvalue weighted by atomic mass is 10.1. The Morgan fingerprint density at radius 1 is 1.56 bits per heavy atom. The maximum atomic E-state index is 13.8. The van der Waals surface area contributed by atoms with Crippen molar-refractivity contribution in [3.63, 3.8) is 0 Å². The van der Waals surface area contributed by atoms with E-state index in [2.05, 4.69) is 5.32 Å². The highest BCUT2D eigenvalue weighted by Crippen LogP contribution is 2.22. The second-order valence-corrected chi connectivity index (χ2v) is 3.85. The second kappa shape index (κ2) is 5.39. The topological polar surface area (TPSA) is 30.5 Å². The molecule has 0 aliphatic carbocycles. The Hall–Kier alpha value is -0.970. The van der Waals surface area contributed by atoms with Gasteiger partial charge in [0.2, 0.25) is 0 Å². The number of benzene rings is 1. The Balaban J connectivity index is 2.14. The Bertz CT molecular complexity index is 351. The first kappa shape index (κ1) is 11.5. The molecule has 16 heavy (non-hydrogen) atoms. The molecule has 1 aromatic carbocycles. The number of halogens is 1. The van der Waals surface area contributed by atoms with Crippen LogP contribution in [0.4, 0.5) is 4.39 Å². The molecule has 1 aromatic rings. The SMILES string of the molecule is COCc1ccc(C2CNCCO2)c(F)c1. The van der Waals surface area contributed by atoms with Crippen LogP contribution in [-0.2, 0) is 16.1 Å². The molecule has 1 fully saturated rings. The van der Waals surface area contributed by atoms with E-state index in [9.17, 15) is 4.39 Å². The lowest BCUT2D eigenvalue weighted by Crippen LogP contribution is -2.33. The zero-order valence-electron chi connectivity index (χ0n) is 9.33. The van der Waals surface area contributed by atoms with Gasteiger partial charge < -0.3 is 14.8 Å². The van der Waals surface area contributed by atoms with Crippen LogP contribution in [0.25, 0.3) is 0 Å². The first-order valence-corrected chi connectivity index (χ1v) is 5.41. The predicted octanol–water partition coefficient (Wildman–Crippen LogP) is 1.63. The molecule has 2 rings (SSSR count). The van der Waals surface area contributed by atoms with Gasteiger partial charge in [0, 0.05) is 25.8 Å². The summed E-state index contributed by atoms with van der Waals surface area (Å²) in [5.74, 6) is -0.219. The Morgan fingerprint density at radius 3 is 3.06 bits per heavy atom. The molecule has 1 atom stereocenters. The van der Waals surface area contributed by atoms with Gasteiger partial charge in [0.05, 0.1) is 19.3 Å². The fourth-order valence-electron chi connectivity index (χ4n) is 1.85. The van der Waals surface area contributed by atoms with E-state index in [1.165, 1.54) is 6.07 Å². The van der Waals surface area contributed by atoms with Crippen molar-refractivity contribution in [3.8, 4) is 0 Å². The van der Waals surface area contributed by atoms with Gasteiger partial charge in [-0.2, -0.15) is 0 Å². The van der Waals surface area contributed by atoms with Crippen molar-refractivity contribution in [1.29, 1.82) is 0 Å². The predicted molar refractivity (Wildman–Crippen MR) is 58.7 cm³/mol. The van der Waals surface area contributed by atoms with Crippen molar-refractivity contribution in [2.75, 3.05) is 26.8 Å². The number of methoxy groups -OCH3 is 1. The molecule has 1 heterocycles. The van der Waals surface area contributed by atoms with Crippen LogP contribution in [-0.4, -0.2) is 26.8 Å². The molecule has 3 nitrogen and oxygen atoms in total. The van der Waals surface area contributed by atoms with E-state index in [4.69, 9.17) is 9.47 Å². The van der Waals surface area contributed by atoms with E-state index < -0.39 is 0 Å². The highest BCUT2D eigenvalue weighted by molar-refractivity contribution is 5.26. The minimum Gasteiger partial charge on any atom is -0.380 e. The summed E-state index contributed by atoms with van der Waals surface area (Å²) in [4.78, 5) is 0. The van der Waals surface area contributed by atoms with Crippen LogP contribution < -0.4 is 5.32 Å². The maximum Gasteiger partial charge on any atom is 0.129 e. The first-order chi connectivity index (χ1) is 7.81. The van der Waals surface area contributed by atoms with Crippen LogP contribution in [0.5, 0.6) is 0 Å². The van der Waals surface area contributed by atoms with Gasteiger partial charge in [-0.1, -0.05) is 12.1 Å². The van der Waals surface area contributed by atoms with E-state index >= 15 is 0 Å². The average molecular weight is 225 g/mol. The van der Waals surface area contributed by atoms with E-state index in [1.54, 1.807) is 13.2 Å². The van der Waals surface area contributed by atoms with Crippen molar-refractivity contribution in [2.24, 2.45) is 0 Å². The van der Waals surface area contributed by atoms with Crippen LogP contribution in [0.1, 0.15) is 17.2 Å². The first-order valence-electron chi connectivity index (χ1n) is 5.41. The molecule has 88 valence electrons. The summed E-state index contributed by atoms with van der Waals surface area (Å²) in [5, 5.41) is 3.18. The third kappa shape index (κ3) is 2.58. The molecular formula is C12H16FNO2. The van der Waals surface area contributed by atoms with Gasteiger partial charge in [-0.3, -0.25) is 0 Å². The third-order valence-corrected chi connectivity index (χ3v) is 2.65. The molecule has 1 saturated heterocycles. The Kier molecular flexibility index (Phi) is 3.88. The molecular weight excluding hydrogens is 209 g/mol. The average Bonchev–Trinajstić information content (AvgIpc) is 2.31. The van der Waals surface area contributed by atoms with Crippen LogP contribution >= 0.6 is 0 Å². The van der Waals surface area contributed by atoms with Crippen molar-refractivity contribution >= 4 is 0 Å². The summed E-state index contributed by atoms with van der Waals surface area (Å²) in [5.41, 5.74) is 1.46. The molecule has 1 aliphatic rings. The zero-order chi connectivity index (χ0) is 11.4. The standard InChI is InChI=1S/C12H16FNO2/c1-15-8-9-2-3-10(11(13)6-9)12-7-14-4-5-16-12/h2-3,6,12,14H,4-5,7-8H2,1H3. The molecule has 0 bridgehead atoms. The fourth-order valence-corrected chi connectivity index (χ4v) is 1.85. The van der Waals surface area contributed by atoms with Gasteiger partial charge >= 0.3 is 0 Å². The molecule has 0 saturated carbocycles. The van der Waals surface area contributed by atoms with E-state index in [0.29, 0.717) is 25.3 Å². The summed E-state index contributed by atoms with van der Waals surface area (Å²) in [6.07, 6.45) is -0.176. The van der Waals surface area contributed by atoms with Gasteiger partial charge in [-0.15, -0.1) is 0 Å². The molecule has 1 unspecified atom stereocenters. The highest BCUT2D eigenvalue weighted by Gasteiger charge is 2.19. The van der Waals surface area contributed by atoms with Gasteiger partial charge in [0.25, 0.3) is 0 Å². The fraction of sp³-hybridized carbons (Fsp3) is 0.500. The van der Waals surface area contributed by atoms with Crippen molar-refractivity contribution < 1.29 is 13.9 Å². The summed E-state index contributed by atoms with van der Waals surface area (Å²) in [6, 6.07) is 5.16. The number of hydrogen-bond acceptors (Lipinski definition) is 3. The third-order valence-electron chi connectivity index (χ3n) is 2.65. The summed E-state index contributed by atoms with van der Waals surface area (Å²) >= 11 is 0. The quantitative estimate of drug-likeness (QED) is 0.848. The van der Waals surface area contributed by atoms with Gasteiger partial charge in [0.1, 0.15) is 5.82 Å². The van der Waals surface area contributed by atoms with E-state index in [1.807, 2.05) is 6.07 Å². The maximum absolute atomic E-state index is 13.8. The van der Waals surface area contributed by atoms with Gasteiger partial charge in [0.15, 0.2) is 0 Å². The Labute approximate surface area is 94.6 Å². The second-order valence-electron chi connectivity index (χ2n) is 3.85. The lowest BCUT2D eigenvalue weighted by molar-refractivity contribution is 0.0255. The molecule has 4 heteroatoms. The van der Waals surface area contributed by atoms with Crippen LogP contribution in [0.2, 0.25) is 0 Å². The smallest absolute Gasteiger partial charge is 0.129 e. The van der Waals surface area contributed by atoms with Crippen LogP contribution in [0.15, 0.2) is 18.2 Å². The molecule has 1 N–H and O–H groups in total. The van der Waals surface area contributed by atoms with Gasteiger partial charge in [-0.25, -0.2) is 4.39 Å². The summed E-state index contributed by atoms with van der Waals surface area (Å²) < 4.78 is 24.3. The van der Waals surface area contributed by atoms with E-state index in [0.717, 1.165) is 12.1 Å². The summed E-state index contributed by atoms with van der Waals surface area (Å²) in [6.45, 7) is 2.56. The van der Waals surface area contributed by atoms with E-state index in [-0.39, 0.29) is 11.9 Å². The van der Waals surface area contributed by atoms with Crippen LogP contribution in [0, 0.1) is 5.82 Å². The molecule has 0 spiro atoms. The van der Waals surface area contributed by atoms with Crippen molar-refractivity contribution in [1.82, 2.24) is 5.32 Å². The van der Waals surface area contributed by atoms with Crippen LogP contribution in [0.3, 0.4) is 0 Å². The number of nitrogens with one attached hydrogen (secondary N) is 1. The molecule has 0 aromatic heterocycles. The van der Waals surface area contributed by atoms with Gasteiger partial charge in [-0.05, 0) is 11.6 Å². The minimum atomic E-state index is -0.219. The number of rotatable bonds is 3. The highest BCUT2D eigenvalue weighted by atomic mass is 19.1. The normalized spacial score (nSPS) is 21.0. The zero-order valence-corrected chi connectivity index (χ0v) is 9.33. The Morgan fingerprint density at radius 2 is 2.44 bits per heavy atom. The minimum absolute atomic E-state index is 0.176. The van der Waals surface area contributed by atoms with Crippen molar-refractivity contribution in [3.05, 3.63) is 35.1 Å². The largest absolute Gasteiger partial charge is 0.380 e. The van der Waals surface area contributed by atoms with Crippen molar-refractivity contribution in [2.45, 2.75) is 12.7 Å². The summed E-state index contributed by atoms with van der Waals surface area (Å²) in [7, 11) is 1.60. The monoisotopic (exact) mass is 225 g/mol. The molecule has 0 radical (unpaired) electrons.